The Morgan fingerprint density at radius 2 is 1.58 bits per heavy atom. The van der Waals surface area contributed by atoms with Gasteiger partial charge in [-0.15, -0.1) is 0 Å². The zero-order chi connectivity index (χ0) is 22.5. The normalized spacial score (nSPS) is 13.0. The number of benzene rings is 1. The van der Waals surface area contributed by atoms with Crippen molar-refractivity contribution >= 4 is 17.2 Å². The van der Waals surface area contributed by atoms with E-state index in [9.17, 15) is 4.79 Å². The van der Waals surface area contributed by atoms with Gasteiger partial charge in [-0.2, -0.15) is 5.10 Å². The number of rotatable bonds is 4. The maximum Gasteiger partial charge on any atom is 0.266 e. The van der Waals surface area contributed by atoms with Crippen molar-refractivity contribution in [3.63, 3.8) is 0 Å². The highest BCUT2D eigenvalue weighted by molar-refractivity contribution is 7.16. The van der Waals surface area contributed by atoms with E-state index >= 15 is 0 Å². The second-order valence-electron chi connectivity index (χ2n) is 8.25. The van der Waals surface area contributed by atoms with Crippen molar-refractivity contribution in [2.45, 2.75) is 26.9 Å². The van der Waals surface area contributed by atoms with Crippen LogP contribution in [0.15, 0.2) is 73.3 Å². The van der Waals surface area contributed by atoms with Gasteiger partial charge in [0.05, 0.1) is 30.2 Å². The first kappa shape index (κ1) is 19.8. The van der Waals surface area contributed by atoms with Gasteiger partial charge in [0.1, 0.15) is 10.7 Å². The van der Waals surface area contributed by atoms with E-state index in [4.69, 9.17) is 5.10 Å². The number of hydrogen-bond acceptors (Lipinski definition) is 4. The molecule has 0 N–H and O–H groups in total. The van der Waals surface area contributed by atoms with Gasteiger partial charge < -0.3 is 14.0 Å². The van der Waals surface area contributed by atoms with E-state index in [1.54, 1.807) is 0 Å². The lowest BCUT2D eigenvalue weighted by molar-refractivity contribution is 0.0753. The molecule has 1 amide bonds. The molecule has 0 atom stereocenters. The first-order valence-electron chi connectivity index (χ1n) is 10.8. The number of nitrogens with zero attached hydrogens (tertiary/aromatic N) is 6. The maximum absolute atomic E-state index is 13.5. The van der Waals surface area contributed by atoms with Gasteiger partial charge in [0.2, 0.25) is 0 Å². The number of carbonyl (C=O) groups excluding carboxylic acids is 1. The minimum atomic E-state index is 0.00162. The monoisotopic (exact) mass is 454 g/mol. The summed E-state index contributed by atoms with van der Waals surface area (Å²) in [7, 11) is 0. The van der Waals surface area contributed by atoms with E-state index in [2.05, 4.69) is 40.7 Å². The topological polar surface area (TPSA) is 60.9 Å². The number of aromatic nitrogens is 5. The highest BCUT2D eigenvalue weighted by atomic mass is 32.1. The van der Waals surface area contributed by atoms with Crippen LogP contribution in [0.25, 0.3) is 16.6 Å². The third-order valence-corrected chi connectivity index (χ3v) is 7.11. The summed E-state index contributed by atoms with van der Waals surface area (Å²) in [6.45, 7) is 4.97. The summed E-state index contributed by atoms with van der Waals surface area (Å²) in [5.74, 6) is 0.977. The van der Waals surface area contributed by atoms with Gasteiger partial charge in [-0.25, -0.2) is 9.67 Å². The smallest absolute Gasteiger partial charge is 0.266 e. The number of aryl methyl sites for hydroxylation is 2. The van der Waals surface area contributed by atoms with Crippen molar-refractivity contribution in [3.8, 4) is 16.6 Å². The van der Waals surface area contributed by atoms with Crippen molar-refractivity contribution in [2.24, 2.45) is 0 Å². The molecule has 0 saturated heterocycles. The summed E-state index contributed by atoms with van der Waals surface area (Å²) < 4.78 is 5.99. The van der Waals surface area contributed by atoms with Crippen LogP contribution >= 0.6 is 11.3 Å². The maximum atomic E-state index is 13.5. The van der Waals surface area contributed by atoms with Gasteiger partial charge in [-0.05, 0) is 50.2 Å². The standard InChI is InChI=1S/C25H22N6OS/c1-17-7-9-19(10-8-17)31-23(28-11-3-4-12-28)20-15-30(16-21(20)27-31)24(32)22-18(2)26-25(33-22)29-13-5-6-14-29/h3-14H,15-16H2,1-2H3. The Balaban J connectivity index is 1.35. The lowest BCUT2D eigenvalue weighted by atomic mass is 10.2. The lowest BCUT2D eigenvalue weighted by Crippen LogP contribution is -2.26. The van der Waals surface area contributed by atoms with Crippen LogP contribution in [0.4, 0.5) is 0 Å². The quantitative estimate of drug-likeness (QED) is 0.396. The Kier molecular flexibility index (Phi) is 4.55. The minimum absolute atomic E-state index is 0.00162. The fourth-order valence-electron chi connectivity index (χ4n) is 4.25. The third kappa shape index (κ3) is 3.30. The fraction of sp³-hybridized carbons (Fsp3) is 0.160. The molecule has 164 valence electrons. The van der Waals surface area contributed by atoms with Crippen LogP contribution in [-0.4, -0.2) is 34.7 Å². The molecular formula is C25H22N6OS. The summed E-state index contributed by atoms with van der Waals surface area (Å²) in [5, 5.41) is 5.73. The number of carbonyl (C=O) groups is 1. The number of amides is 1. The third-order valence-electron chi connectivity index (χ3n) is 5.95. The van der Waals surface area contributed by atoms with Crippen LogP contribution in [-0.2, 0) is 13.1 Å². The zero-order valence-electron chi connectivity index (χ0n) is 18.3. The van der Waals surface area contributed by atoms with Gasteiger partial charge in [-0.1, -0.05) is 29.0 Å². The Bertz CT molecular complexity index is 1440. The molecule has 4 aromatic heterocycles. The fourth-order valence-corrected chi connectivity index (χ4v) is 5.25. The SMILES string of the molecule is Cc1ccc(-n2nc3c(c2-n2cccc2)CN(C(=O)c2sc(-n4cccc4)nc2C)C3)cc1. The van der Waals surface area contributed by atoms with Gasteiger partial charge in [0.25, 0.3) is 5.91 Å². The Morgan fingerprint density at radius 1 is 0.909 bits per heavy atom. The molecule has 0 unspecified atom stereocenters. The molecule has 1 aromatic carbocycles. The summed E-state index contributed by atoms with van der Waals surface area (Å²) in [4.78, 5) is 20.6. The zero-order valence-corrected chi connectivity index (χ0v) is 19.2. The van der Waals surface area contributed by atoms with E-state index in [0.717, 1.165) is 33.6 Å². The summed E-state index contributed by atoms with van der Waals surface area (Å²) in [5.41, 5.74) is 4.98. The van der Waals surface area contributed by atoms with Crippen molar-refractivity contribution < 1.29 is 4.79 Å². The lowest BCUT2D eigenvalue weighted by Gasteiger charge is -2.17. The van der Waals surface area contributed by atoms with E-state index in [0.29, 0.717) is 18.0 Å². The summed E-state index contributed by atoms with van der Waals surface area (Å²) in [6.07, 6.45) is 7.91. The molecule has 5 aromatic rings. The van der Waals surface area contributed by atoms with Gasteiger partial charge in [0.15, 0.2) is 5.13 Å². The minimum Gasteiger partial charge on any atom is -0.327 e. The van der Waals surface area contributed by atoms with Crippen LogP contribution in [0.2, 0.25) is 0 Å². The first-order chi connectivity index (χ1) is 16.1. The van der Waals surface area contributed by atoms with Gasteiger partial charge >= 0.3 is 0 Å². The molecule has 33 heavy (non-hydrogen) atoms. The Labute approximate surface area is 195 Å². The molecule has 0 radical (unpaired) electrons. The number of hydrogen-bond donors (Lipinski definition) is 0. The highest BCUT2D eigenvalue weighted by Crippen LogP contribution is 2.33. The second kappa shape index (κ2) is 7.60. The Hall–Kier alpha value is -3.91. The van der Waals surface area contributed by atoms with Crippen molar-refractivity contribution in [1.82, 2.24) is 28.8 Å². The molecule has 1 aliphatic heterocycles. The van der Waals surface area contributed by atoms with Crippen LogP contribution in [0.1, 0.15) is 32.2 Å². The highest BCUT2D eigenvalue weighted by Gasteiger charge is 2.33. The van der Waals surface area contributed by atoms with Crippen LogP contribution in [0, 0.1) is 13.8 Å². The van der Waals surface area contributed by atoms with Crippen molar-refractivity contribution in [3.05, 3.63) is 101 Å². The van der Waals surface area contributed by atoms with Crippen LogP contribution in [0.3, 0.4) is 0 Å². The number of fused-ring (bicyclic) bond motifs is 1. The largest absolute Gasteiger partial charge is 0.327 e. The predicted molar refractivity (Wildman–Crippen MR) is 127 cm³/mol. The molecule has 6 rings (SSSR count). The molecule has 0 bridgehead atoms. The summed E-state index contributed by atoms with van der Waals surface area (Å²) >= 11 is 1.43. The van der Waals surface area contributed by atoms with Crippen molar-refractivity contribution in [1.29, 1.82) is 0 Å². The van der Waals surface area contributed by atoms with Crippen LogP contribution in [0.5, 0.6) is 0 Å². The molecular weight excluding hydrogens is 432 g/mol. The van der Waals surface area contributed by atoms with Gasteiger partial charge in [0, 0.05) is 30.4 Å². The predicted octanol–water partition coefficient (Wildman–Crippen LogP) is 4.68. The van der Waals surface area contributed by atoms with E-state index in [-0.39, 0.29) is 5.91 Å². The summed E-state index contributed by atoms with van der Waals surface area (Å²) in [6, 6.07) is 16.2. The molecule has 1 aliphatic rings. The van der Waals surface area contributed by atoms with E-state index in [1.807, 2.05) is 70.1 Å². The van der Waals surface area contributed by atoms with E-state index < -0.39 is 0 Å². The van der Waals surface area contributed by atoms with E-state index in [1.165, 1.54) is 16.9 Å². The average molecular weight is 455 g/mol. The number of thiazole rings is 1. The molecule has 0 saturated carbocycles. The first-order valence-corrected chi connectivity index (χ1v) is 11.6. The molecule has 5 heterocycles. The molecule has 0 aliphatic carbocycles. The van der Waals surface area contributed by atoms with Crippen LogP contribution < -0.4 is 0 Å². The van der Waals surface area contributed by atoms with Gasteiger partial charge in [-0.3, -0.25) is 4.79 Å². The average Bonchev–Trinajstić information content (AvgIpc) is 3.62. The molecule has 8 heteroatoms. The second-order valence-corrected chi connectivity index (χ2v) is 9.23. The molecule has 7 nitrogen and oxygen atoms in total. The van der Waals surface area contributed by atoms with Crippen molar-refractivity contribution in [2.75, 3.05) is 0 Å². The molecule has 0 fully saturated rings. The molecule has 0 spiro atoms. The Morgan fingerprint density at radius 3 is 2.27 bits per heavy atom.